The van der Waals surface area contributed by atoms with E-state index in [1.165, 1.54) is 19.1 Å². The second-order valence-corrected chi connectivity index (χ2v) is 2.63. The number of hydrogen-bond donors (Lipinski definition) is 2. The van der Waals surface area contributed by atoms with Gasteiger partial charge < -0.3 is 5.11 Å². The van der Waals surface area contributed by atoms with Crippen molar-refractivity contribution in [3.8, 4) is 0 Å². The van der Waals surface area contributed by atoms with Crippen molar-refractivity contribution in [2.45, 2.75) is 12.6 Å². The van der Waals surface area contributed by atoms with Crippen LogP contribution in [-0.2, 0) is 5.72 Å². The van der Waals surface area contributed by atoms with Crippen molar-refractivity contribution in [3.63, 3.8) is 0 Å². The first-order valence-electron chi connectivity index (χ1n) is 3.28. The Hall–Kier alpha value is -0.930. The molecule has 1 aromatic rings. The molecule has 1 aromatic carbocycles. The first-order valence-corrected chi connectivity index (χ1v) is 3.28. The van der Waals surface area contributed by atoms with E-state index < -0.39 is 11.5 Å². The highest BCUT2D eigenvalue weighted by Crippen LogP contribution is 2.16. The summed E-state index contributed by atoms with van der Waals surface area (Å²) in [4.78, 5) is 0. The molecule has 0 spiro atoms. The average Bonchev–Trinajstić information content (AvgIpc) is 1.86. The van der Waals surface area contributed by atoms with Crippen molar-refractivity contribution in [2.75, 3.05) is 0 Å². The average molecular weight is 155 g/mol. The minimum absolute atomic E-state index is 0.111. The molecule has 60 valence electrons. The number of rotatable bonds is 1. The van der Waals surface area contributed by atoms with Crippen LogP contribution in [0.2, 0.25) is 0 Å². The Balaban J connectivity index is 3.14. The van der Waals surface area contributed by atoms with E-state index in [1.807, 2.05) is 0 Å². The maximum absolute atomic E-state index is 12.8. The maximum Gasteiger partial charge on any atom is 0.139 e. The molecule has 0 saturated carbocycles. The third-order valence-electron chi connectivity index (χ3n) is 1.42. The van der Waals surface area contributed by atoms with Gasteiger partial charge >= 0.3 is 0 Å². The van der Waals surface area contributed by atoms with Gasteiger partial charge in [0.15, 0.2) is 0 Å². The third-order valence-corrected chi connectivity index (χ3v) is 1.42. The number of nitrogens with two attached hydrogens (primary N) is 1. The number of hydrogen-bond acceptors (Lipinski definition) is 2. The van der Waals surface area contributed by atoms with E-state index in [0.29, 0.717) is 0 Å². The van der Waals surface area contributed by atoms with Gasteiger partial charge in [0.2, 0.25) is 0 Å². The standard InChI is InChI=1S/C8H10FNO/c1-8(10,11)6-4-2-3-5-7(6)9/h2-5,11H,10H2,1H3/t8-/m0/s1. The molecule has 1 rings (SSSR count). The Kier molecular flexibility index (Phi) is 1.93. The molecule has 0 heterocycles. The lowest BCUT2D eigenvalue weighted by molar-refractivity contribution is 0.0608. The van der Waals surface area contributed by atoms with Crippen LogP contribution in [0.3, 0.4) is 0 Å². The fourth-order valence-electron chi connectivity index (χ4n) is 0.872. The quantitative estimate of drug-likeness (QED) is 0.593. The van der Waals surface area contributed by atoms with E-state index in [9.17, 15) is 9.50 Å². The molecule has 0 amide bonds. The van der Waals surface area contributed by atoms with E-state index in [4.69, 9.17) is 5.73 Å². The fourth-order valence-corrected chi connectivity index (χ4v) is 0.872. The molecular weight excluding hydrogens is 145 g/mol. The van der Waals surface area contributed by atoms with E-state index in [2.05, 4.69) is 0 Å². The van der Waals surface area contributed by atoms with E-state index in [-0.39, 0.29) is 5.56 Å². The highest BCUT2D eigenvalue weighted by atomic mass is 19.1. The molecule has 0 radical (unpaired) electrons. The lowest BCUT2D eigenvalue weighted by Crippen LogP contribution is -2.33. The van der Waals surface area contributed by atoms with E-state index in [1.54, 1.807) is 12.1 Å². The Morgan fingerprint density at radius 2 is 2.00 bits per heavy atom. The third kappa shape index (κ3) is 1.76. The van der Waals surface area contributed by atoms with Crippen LogP contribution < -0.4 is 5.73 Å². The van der Waals surface area contributed by atoms with Gasteiger partial charge in [-0.1, -0.05) is 18.2 Å². The van der Waals surface area contributed by atoms with Gasteiger partial charge in [-0.2, -0.15) is 0 Å². The molecule has 3 N–H and O–H groups in total. The molecule has 0 fully saturated rings. The molecule has 0 aliphatic rings. The molecule has 0 aliphatic heterocycles. The zero-order chi connectivity index (χ0) is 8.48. The summed E-state index contributed by atoms with van der Waals surface area (Å²) in [6.07, 6.45) is 0. The first kappa shape index (κ1) is 8.17. The summed E-state index contributed by atoms with van der Waals surface area (Å²) in [5.74, 6) is -0.486. The van der Waals surface area contributed by atoms with Gasteiger partial charge in [-0.15, -0.1) is 0 Å². The van der Waals surface area contributed by atoms with Gasteiger partial charge in [0.25, 0.3) is 0 Å². The largest absolute Gasteiger partial charge is 0.372 e. The molecular formula is C8H10FNO. The van der Waals surface area contributed by atoms with Gasteiger partial charge in [0, 0.05) is 5.56 Å². The summed E-state index contributed by atoms with van der Waals surface area (Å²) in [5, 5.41) is 9.21. The zero-order valence-corrected chi connectivity index (χ0v) is 6.21. The van der Waals surface area contributed by atoms with Gasteiger partial charge in [-0.3, -0.25) is 5.73 Å². The summed E-state index contributed by atoms with van der Waals surface area (Å²) in [6.45, 7) is 1.34. The van der Waals surface area contributed by atoms with Crippen LogP contribution >= 0.6 is 0 Å². The molecule has 2 nitrogen and oxygen atoms in total. The number of aliphatic hydroxyl groups is 1. The lowest BCUT2D eigenvalue weighted by atomic mass is 10.1. The highest BCUT2D eigenvalue weighted by Gasteiger charge is 2.19. The van der Waals surface area contributed by atoms with Crippen LogP contribution in [0.4, 0.5) is 4.39 Å². The second-order valence-electron chi connectivity index (χ2n) is 2.63. The van der Waals surface area contributed by atoms with Gasteiger partial charge in [0.1, 0.15) is 11.5 Å². The van der Waals surface area contributed by atoms with Gasteiger partial charge in [0.05, 0.1) is 0 Å². The van der Waals surface area contributed by atoms with Crippen molar-refractivity contribution >= 4 is 0 Å². The Bertz CT molecular complexity index is 255. The minimum atomic E-state index is -1.59. The Morgan fingerprint density at radius 1 is 1.45 bits per heavy atom. The van der Waals surface area contributed by atoms with Crippen LogP contribution in [0.1, 0.15) is 12.5 Å². The van der Waals surface area contributed by atoms with E-state index >= 15 is 0 Å². The smallest absolute Gasteiger partial charge is 0.139 e. The summed E-state index contributed by atoms with van der Waals surface area (Å²) >= 11 is 0. The second kappa shape index (κ2) is 2.60. The molecule has 0 unspecified atom stereocenters. The SMILES string of the molecule is C[C@](N)(O)c1ccccc1F. The van der Waals surface area contributed by atoms with E-state index in [0.717, 1.165) is 0 Å². The number of benzene rings is 1. The van der Waals surface area contributed by atoms with Crippen molar-refractivity contribution in [3.05, 3.63) is 35.6 Å². The van der Waals surface area contributed by atoms with Crippen molar-refractivity contribution < 1.29 is 9.50 Å². The highest BCUT2D eigenvalue weighted by molar-refractivity contribution is 5.22. The molecule has 0 saturated heterocycles. The topological polar surface area (TPSA) is 46.2 Å². The predicted molar refractivity (Wildman–Crippen MR) is 40.2 cm³/mol. The van der Waals surface area contributed by atoms with Crippen LogP contribution in [0, 0.1) is 5.82 Å². The molecule has 0 aliphatic carbocycles. The van der Waals surface area contributed by atoms with Crippen molar-refractivity contribution in [2.24, 2.45) is 5.73 Å². The molecule has 11 heavy (non-hydrogen) atoms. The van der Waals surface area contributed by atoms with Gasteiger partial charge in [-0.05, 0) is 13.0 Å². The van der Waals surface area contributed by atoms with Crippen molar-refractivity contribution in [1.82, 2.24) is 0 Å². The van der Waals surface area contributed by atoms with Crippen LogP contribution in [0.25, 0.3) is 0 Å². The van der Waals surface area contributed by atoms with Crippen LogP contribution in [-0.4, -0.2) is 5.11 Å². The lowest BCUT2D eigenvalue weighted by Gasteiger charge is -2.17. The summed E-state index contributed by atoms with van der Waals surface area (Å²) in [5.41, 5.74) is 3.79. The first-order chi connectivity index (χ1) is 5.02. The molecule has 0 aromatic heterocycles. The Morgan fingerprint density at radius 3 is 2.36 bits per heavy atom. The van der Waals surface area contributed by atoms with Gasteiger partial charge in [-0.25, -0.2) is 4.39 Å². The zero-order valence-electron chi connectivity index (χ0n) is 6.21. The predicted octanol–water partition coefficient (Wildman–Crippen LogP) is 0.949. The minimum Gasteiger partial charge on any atom is -0.372 e. The summed E-state index contributed by atoms with van der Waals surface area (Å²) < 4.78 is 12.8. The fraction of sp³-hybridized carbons (Fsp3) is 0.250. The normalized spacial score (nSPS) is 16.0. The van der Waals surface area contributed by atoms with Crippen LogP contribution in [0.15, 0.2) is 24.3 Å². The number of halogens is 1. The molecule has 1 atom stereocenters. The monoisotopic (exact) mass is 155 g/mol. The maximum atomic E-state index is 12.8. The molecule has 0 bridgehead atoms. The summed E-state index contributed by atoms with van der Waals surface area (Å²) in [6, 6.07) is 5.89. The van der Waals surface area contributed by atoms with Crippen molar-refractivity contribution in [1.29, 1.82) is 0 Å². The molecule has 3 heteroatoms. The summed E-state index contributed by atoms with van der Waals surface area (Å²) in [7, 11) is 0. The Labute approximate surface area is 64.5 Å². The van der Waals surface area contributed by atoms with Crippen LogP contribution in [0.5, 0.6) is 0 Å².